The predicted molar refractivity (Wildman–Crippen MR) is 71.0 cm³/mol. The van der Waals surface area contributed by atoms with Crippen molar-refractivity contribution in [2.45, 2.75) is 6.92 Å². The topological polar surface area (TPSA) is 17.1 Å². The van der Waals surface area contributed by atoms with E-state index < -0.39 is 11.6 Å². The zero-order chi connectivity index (χ0) is 13.3. The average Bonchev–Trinajstić information content (AvgIpc) is 2.35. The van der Waals surface area contributed by atoms with Crippen LogP contribution in [0.25, 0.3) is 0 Å². The van der Waals surface area contributed by atoms with Gasteiger partial charge in [-0.25, -0.2) is 4.39 Å². The molecule has 0 amide bonds. The van der Waals surface area contributed by atoms with E-state index in [9.17, 15) is 9.18 Å². The van der Waals surface area contributed by atoms with E-state index in [0.717, 1.165) is 5.56 Å². The molecule has 0 spiro atoms. The lowest BCUT2D eigenvalue weighted by atomic mass is 10.0. The fourth-order valence-electron chi connectivity index (χ4n) is 1.61. The van der Waals surface area contributed by atoms with E-state index >= 15 is 0 Å². The number of ketones is 1. The van der Waals surface area contributed by atoms with Gasteiger partial charge < -0.3 is 0 Å². The maximum Gasteiger partial charge on any atom is 0.196 e. The van der Waals surface area contributed by atoms with Gasteiger partial charge in [-0.1, -0.05) is 23.2 Å². The Morgan fingerprint density at radius 2 is 1.83 bits per heavy atom. The van der Waals surface area contributed by atoms with Crippen molar-refractivity contribution in [2.75, 3.05) is 0 Å². The third kappa shape index (κ3) is 2.55. The van der Waals surface area contributed by atoms with Gasteiger partial charge in [0.25, 0.3) is 0 Å². The fraction of sp³-hybridized carbons (Fsp3) is 0.0714. The number of halogens is 3. The van der Waals surface area contributed by atoms with E-state index in [1.54, 1.807) is 25.1 Å². The third-order valence-corrected chi connectivity index (χ3v) is 3.25. The SMILES string of the molecule is Cc1cc(C(=O)c2cc(Cl)ccc2F)ccc1Cl. The van der Waals surface area contributed by atoms with Gasteiger partial charge in [0.05, 0.1) is 5.56 Å². The summed E-state index contributed by atoms with van der Waals surface area (Å²) in [6.45, 7) is 1.79. The largest absolute Gasteiger partial charge is 0.288 e. The lowest BCUT2D eigenvalue weighted by molar-refractivity contribution is 0.103. The van der Waals surface area contributed by atoms with Gasteiger partial charge >= 0.3 is 0 Å². The molecule has 0 saturated heterocycles. The summed E-state index contributed by atoms with van der Waals surface area (Å²) in [6.07, 6.45) is 0. The number of hydrogen-bond donors (Lipinski definition) is 0. The molecule has 0 aliphatic heterocycles. The first kappa shape index (κ1) is 13.1. The van der Waals surface area contributed by atoms with Gasteiger partial charge in [-0.3, -0.25) is 4.79 Å². The molecule has 18 heavy (non-hydrogen) atoms. The zero-order valence-electron chi connectivity index (χ0n) is 9.51. The van der Waals surface area contributed by atoms with E-state index in [-0.39, 0.29) is 5.56 Å². The van der Waals surface area contributed by atoms with Gasteiger partial charge in [-0.2, -0.15) is 0 Å². The van der Waals surface area contributed by atoms with Crippen LogP contribution in [0.15, 0.2) is 36.4 Å². The first-order valence-corrected chi connectivity index (χ1v) is 6.00. The van der Waals surface area contributed by atoms with Gasteiger partial charge in [-0.15, -0.1) is 0 Å². The van der Waals surface area contributed by atoms with E-state index in [1.807, 2.05) is 0 Å². The molecule has 4 heteroatoms. The van der Waals surface area contributed by atoms with Crippen molar-refractivity contribution < 1.29 is 9.18 Å². The molecule has 2 rings (SSSR count). The Balaban J connectivity index is 2.47. The smallest absolute Gasteiger partial charge is 0.196 e. The number of carbonyl (C=O) groups excluding carboxylic acids is 1. The molecule has 0 aliphatic carbocycles. The van der Waals surface area contributed by atoms with Crippen molar-refractivity contribution in [3.8, 4) is 0 Å². The molecular weight excluding hydrogens is 274 g/mol. The highest BCUT2D eigenvalue weighted by Gasteiger charge is 2.15. The zero-order valence-corrected chi connectivity index (χ0v) is 11.0. The summed E-state index contributed by atoms with van der Waals surface area (Å²) >= 11 is 11.6. The van der Waals surface area contributed by atoms with Crippen molar-refractivity contribution in [2.24, 2.45) is 0 Å². The highest BCUT2D eigenvalue weighted by atomic mass is 35.5. The van der Waals surface area contributed by atoms with Crippen LogP contribution in [0.4, 0.5) is 4.39 Å². The molecule has 2 aromatic carbocycles. The van der Waals surface area contributed by atoms with Crippen LogP contribution in [0.1, 0.15) is 21.5 Å². The van der Waals surface area contributed by atoms with Crippen LogP contribution in [0.3, 0.4) is 0 Å². The Kier molecular flexibility index (Phi) is 3.69. The lowest BCUT2D eigenvalue weighted by Crippen LogP contribution is -2.04. The molecule has 0 unspecified atom stereocenters. The first-order chi connectivity index (χ1) is 8.49. The molecule has 0 fully saturated rings. The average molecular weight is 283 g/mol. The molecule has 2 aromatic rings. The number of carbonyl (C=O) groups is 1. The standard InChI is InChI=1S/C14H9Cl2FO/c1-8-6-9(2-4-12(8)16)14(18)11-7-10(15)3-5-13(11)17/h2-7H,1H3. The third-order valence-electron chi connectivity index (χ3n) is 2.59. The molecule has 1 nitrogen and oxygen atoms in total. The molecule has 0 atom stereocenters. The minimum atomic E-state index is -0.586. The summed E-state index contributed by atoms with van der Waals surface area (Å²) in [7, 11) is 0. The van der Waals surface area contributed by atoms with E-state index in [1.165, 1.54) is 18.2 Å². The van der Waals surface area contributed by atoms with Crippen LogP contribution in [-0.2, 0) is 0 Å². The second kappa shape index (κ2) is 5.09. The maximum atomic E-state index is 13.6. The van der Waals surface area contributed by atoms with Gasteiger partial charge in [0.1, 0.15) is 5.82 Å². The van der Waals surface area contributed by atoms with Gasteiger partial charge in [0.2, 0.25) is 0 Å². The molecule has 92 valence electrons. The summed E-state index contributed by atoms with van der Waals surface area (Å²) in [6, 6.07) is 8.72. The van der Waals surface area contributed by atoms with Crippen LogP contribution in [0.2, 0.25) is 10.0 Å². The summed E-state index contributed by atoms with van der Waals surface area (Å²) < 4.78 is 13.6. The predicted octanol–water partition coefficient (Wildman–Crippen LogP) is 4.67. The number of hydrogen-bond acceptors (Lipinski definition) is 1. The highest BCUT2D eigenvalue weighted by molar-refractivity contribution is 6.32. The maximum absolute atomic E-state index is 13.6. The highest BCUT2D eigenvalue weighted by Crippen LogP contribution is 2.21. The minimum absolute atomic E-state index is 0.0378. The Hall–Kier alpha value is -1.38. The van der Waals surface area contributed by atoms with Crippen LogP contribution in [0, 0.1) is 12.7 Å². The summed E-state index contributed by atoms with van der Waals surface area (Å²) in [5, 5.41) is 0.892. The van der Waals surface area contributed by atoms with Gasteiger partial charge in [0.15, 0.2) is 5.78 Å². The fourth-order valence-corrected chi connectivity index (χ4v) is 1.90. The number of rotatable bonds is 2. The summed E-state index contributed by atoms with van der Waals surface area (Å²) in [5.74, 6) is -0.994. The van der Waals surface area contributed by atoms with Crippen molar-refractivity contribution in [1.82, 2.24) is 0 Å². The normalized spacial score (nSPS) is 10.4. The number of aryl methyl sites for hydroxylation is 1. The van der Waals surface area contributed by atoms with E-state index in [4.69, 9.17) is 23.2 Å². The van der Waals surface area contributed by atoms with Crippen LogP contribution < -0.4 is 0 Å². The Morgan fingerprint density at radius 3 is 2.50 bits per heavy atom. The molecule has 0 aromatic heterocycles. The molecule has 0 heterocycles. The molecular formula is C14H9Cl2FO. The molecule has 0 bridgehead atoms. The van der Waals surface area contributed by atoms with Gasteiger partial charge in [0, 0.05) is 15.6 Å². The van der Waals surface area contributed by atoms with Crippen molar-refractivity contribution >= 4 is 29.0 Å². The monoisotopic (exact) mass is 282 g/mol. The van der Waals surface area contributed by atoms with Crippen molar-refractivity contribution in [3.05, 3.63) is 69.0 Å². The summed E-state index contributed by atoms with van der Waals surface area (Å²) in [5.41, 5.74) is 1.12. The Labute approximate surface area is 114 Å². The first-order valence-electron chi connectivity index (χ1n) is 5.25. The van der Waals surface area contributed by atoms with E-state index in [0.29, 0.717) is 15.6 Å². The Bertz CT molecular complexity index is 623. The second-order valence-corrected chi connectivity index (χ2v) is 4.76. The van der Waals surface area contributed by atoms with Crippen LogP contribution in [-0.4, -0.2) is 5.78 Å². The second-order valence-electron chi connectivity index (χ2n) is 3.92. The Morgan fingerprint density at radius 1 is 1.11 bits per heavy atom. The molecule has 0 saturated carbocycles. The van der Waals surface area contributed by atoms with Crippen LogP contribution in [0.5, 0.6) is 0 Å². The van der Waals surface area contributed by atoms with Crippen molar-refractivity contribution in [3.63, 3.8) is 0 Å². The summed E-state index contributed by atoms with van der Waals surface area (Å²) in [4.78, 5) is 12.1. The van der Waals surface area contributed by atoms with Crippen molar-refractivity contribution in [1.29, 1.82) is 0 Å². The van der Waals surface area contributed by atoms with Crippen LogP contribution >= 0.6 is 23.2 Å². The van der Waals surface area contributed by atoms with Gasteiger partial charge in [-0.05, 0) is 48.9 Å². The quantitative estimate of drug-likeness (QED) is 0.732. The lowest BCUT2D eigenvalue weighted by Gasteiger charge is -2.05. The molecule has 0 radical (unpaired) electrons. The molecule has 0 aliphatic rings. The number of benzene rings is 2. The minimum Gasteiger partial charge on any atom is -0.288 e. The molecule has 0 N–H and O–H groups in total. The van der Waals surface area contributed by atoms with E-state index in [2.05, 4.69) is 0 Å².